The molecule has 2 atom stereocenters. The lowest BCUT2D eigenvalue weighted by Gasteiger charge is -2.24. The number of rotatable bonds is 8. The van der Waals surface area contributed by atoms with Crippen LogP contribution in [-0.4, -0.2) is 17.1 Å². The summed E-state index contributed by atoms with van der Waals surface area (Å²) in [4.78, 5) is 24.1. The Labute approximate surface area is 220 Å². The maximum atomic E-state index is 13.7. The van der Waals surface area contributed by atoms with Crippen molar-refractivity contribution >= 4 is 12.0 Å². The van der Waals surface area contributed by atoms with Crippen molar-refractivity contribution in [3.63, 3.8) is 0 Å². The highest BCUT2D eigenvalue weighted by Crippen LogP contribution is 2.40. The van der Waals surface area contributed by atoms with Gasteiger partial charge in [-0.3, -0.25) is 4.79 Å². The van der Waals surface area contributed by atoms with E-state index in [4.69, 9.17) is 0 Å². The molecule has 0 aromatic heterocycles. The van der Waals surface area contributed by atoms with E-state index in [0.29, 0.717) is 6.07 Å². The minimum absolute atomic E-state index is 0.00291. The van der Waals surface area contributed by atoms with Gasteiger partial charge in [-0.2, -0.15) is 26.3 Å². The van der Waals surface area contributed by atoms with Gasteiger partial charge in [-0.15, -0.1) is 0 Å². The summed E-state index contributed by atoms with van der Waals surface area (Å²) >= 11 is 0. The van der Waals surface area contributed by atoms with Crippen molar-refractivity contribution in [1.29, 1.82) is 0 Å². The number of hydrogen-bond donors (Lipinski definition) is 3. The van der Waals surface area contributed by atoms with Crippen molar-refractivity contribution in [3.05, 3.63) is 94.5 Å². The number of alkyl halides is 6. The van der Waals surface area contributed by atoms with Crippen LogP contribution in [0.2, 0.25) is 0 Å². The summed E-state index contributed by atoms with van der Waals surface area (Å²) in [6, 6.07) is 12.4. The number of nitrogens with one attached hydrogen (secondary N) is 2. The lowest BCUT2D eigenvalue weighted by Crippen LogP contribution is -2.37. The van der Waals surface area contributed by atoms with Crippen molar-refractivity contribution in [2.45, 2.75) is 51.1 Å². The van der Waals surface area contributed by atoms with Gasteiger partial charge >= 0.3 is 24.4 Å². The van der Waals surface area contributed by atoms with Gasteiger partial charge in [0, 0.05) is 6.54 Å². The molecule has 39 heavy (non-hydrogen) atoms. The highest BCUT2D eigenvalue weighted by atomic mass is 19.4. The SMILES string of the molecule is CCC(NC(=O)NCc1ccccc1)c1cc(C(F)(F)F)ccc1-c1cc(C(C)C(=O)O)cc(C(F)(F)F)c1. The largest absolute Gasteiger partial charge is 0.481 e. The number of urea groups is 1. The van der Waals surface area contributed by atoms with Crippen molar-refractivity contribution in [3.8, 4) is 11.1 Å². The van der Waals surface area contributed by atoms with Crippen molar-refractivity contribution < 1.29 is 41.0 Å². The Hall–Kier alpha value is -4.02. The zero-order chi connectivity index (χ0) is 29.0. The predicted octanol–water partition coefficient (Wildman–Crippen LogP) is 7.53. The molecule has 11 heteroatoms. The number of halogens is 6. The fourth-order valence-corrected chi connectivity index (χ4v) is 4.04. The molecule has 0 saturated heterocycles. The number of hydrogen-bond acceptors (Lipinski definition) is 2. The number of carbonyl (C=O) groups is 2. The maximum absolute atomic E-state index is 13.7. The molecule has 0 heterocycles. The minimum Gasteiger partial charge on any atom is -0.481 e. The second kappa shape index (κ2) is 11.8. The van der Waals surface area contributed by atoms with E-state index in [1.165, 1.54) is 13.0 Å². The Kier molecular flexibility index (Phi) is 8.93. The standard InChI is InChI=1S/C28H26F6N2O3/c1-3-24(36-26(39)35-15-17-7-5-4-6-8-17)23-14-20(27(29,30)31)9-10-22(23)19-11-18(16(2)25(37)38)12-21(13-19)28(32,33)34/h4-14,16,24H,3,15H2,1-2H3,(H,37,38)(H2,35,36,39). The Balaban J connectivity index is 2.09. The normalized spacial score (nSPS) is 13.4. The van der Waals surface area contributed by atoms with Gasteiger partial charge in [-0.05, 0) is 65.4 Å². The summed E-state index contributed by atoms with van der Waals surface area (Å²) in [5, 5.41) is 14.6. The summed E-state index contributed by atoms with van der Waals surface area (Å²) in [5.41, 5.74) is -1.75. The number of carboxylic acids is 1. The van der Waals surface area contributed by atoms with Crippen molar-refractivity contribution in [1.82, 2.24) is 10.6 Å². The molecule has 0 saturated carbocycles. The number of benzene rings is 3. The molecule has 0 aliphatic heterocycles. The topological polar surface area (TPSA) is 78.4 Å². The predicted molar refractivity (Wildman–Crippen MR) is 133 cm³/mol. The molecule has 3 aromatic rings. The number of carboxylic acid groups (broad SMARTS) is 1. The van der Waals surface area contributed by atoms with Crippen LogP contribution < -0.4 is 10.6 Å². The molecule has 0 spiro atoms. The number of aliphatic carboxylic acids is 1. The van der Waals surface area contributed by atoms with Crippen LogP contribution in [0.3, 0.4) is 0 Å². The van der Waals surface area contributed by atoms with E-state index in [9.17, 15) is 41.0 Å². The van der Waals surface area contributed by atoms with E-state index in [1.54, 1.807) is 37.3 Å². The van der Waals surface area contributed by atoms with E-state index in [2.05, 4.69) is 10.6 Å². The third-order valence-electron chi connectivity index (χ3n) is 6.23. The van der Waals surface area contributed by atoms with Gasteiger partial charge in [0.15, 0.2) is 0 Å². The molecule has 0 bridgehead atoms. The van der Waals surface area contributed by atoms with Crippen LogP contribution in [0.15, 0.2) is 66.7 Å². The first-order chi connectivity index (χ1) is 18.2. The molecule has 0 radical (unpaired) electrons. The zero-order valence-corrected chi connectivity index (χ0v) is 21.0. The van der Waals surface area contributed by atoms with Crippen LogP contribution in [0, 0.1) is 0 Å². The van der Waals surface area contributed by atoms with Crippen LogP contribution in [0.1, 0.15) is 60.0 Å². The van der Waals surface area contributed by atoms with Crippen molar-refractivity contribution in [2.24, 2.45) is 0 Å². The van der Waals surface area contributed by atoms with E-state index in [0.717, 1.165) is 29.8 Å². The molecule has 2 unspecified atom stereocenters. The van der Waals surface area contributed by atoms with Crippen LogP contribution in [0.25, 0.3) is 11.1 Å². The van der Waals surface area contributed by atoms with Gasteiger partial charge in [0.25, 0.3) is 0 Å². The smallest absolute Gasteiger partial charge is 0.416 e. The molecule has 3 rings (SSSR count). The van der Waals surface area contributed by atoms with Gasteiger partial charge in [0.2, 0.25) is 0 Å². The molecule has 208 valence electrons. The van der Waals surface area contributed by atoms with Gasteiger partial charge in [-0.25, -0.2) is 4.79 Å². The maximum Gasteiger partial charge on any atom is 0.416 e. The second-order valence-electron chi connectivity index (χ2n) is 8.97. The first-order valence-corrected chi connectivity index (χ1v) is 12.0. The third-order valence-corrected chi connectivity index (χ3v) is 6.23. The number of carbonyl (C=O) groups excluding carboxylic acids is 1. The summed E-state index contributed by atoms with van der Waals surface area (Å²) < 4.78 is 81.9. The minimum atomic E-state index is -4.84. The van der Waals surface area contributed by atoms with Crippen LogP contribution in [-0.2, 0) is 23.7 Å². The molecule has 5 nitrogen and oxygen atoms in total. The third kappa shape index (κ3) is 7.52. The summed E-state index contributed by atoms with van der Waals surface area (Å²) in [6.07, 6.45) is -9.48. The van der Waals surface area contributed by atoms with Gasteiger partial charge in [0.05, 0.1) is 23.1 Å². The summed E-state index contributed by atoms with van der Waals surface area (Å²) in [7, 11) is 0. The van der Waals surface area contributed by atoms with E-state index >= 15 is 0 Å². The van der Waals surface area contributed by atoms with Gasteiger partial charge in [0.1, 0.15) is 0 Å². The van der Waals surface area contributed by atoms with Crippen LogP contribution >= 0.6 is 0 Å². The average Bonchev–Trinajstić information content (AvgIpc) is 2.89. The molecule has 0 aliphatic carbocycles. The summed E-state index contributed by atoms with van der Waals surface area (Å²) in [5.74, 6) is -2.68. The molecular formula is C28H26F6N2O3. The molecule has 0 fully saturated rings. The number of amides is 2. The quantitative estimate of drug-likeness (QED) is 0.253. The lowest BCUT2D eigenvalue weighted by atomic mass is 9.88. The molecule has 3 aromatic carbocycles. The fourth-order valence-electron chi connectivity index (χ4n) is 4.04. The second-order valence-corrected chi connectivity index (χ2v) is 8.97. The van der Waals surface area contributed by atoms with Crippen LogP contribution in [0.5, 0.6) is 0 Å². The van der Waals surface area contributed by atoms with E-state index in [-0.39, 0.29) is 35.2 Å². The molecule has 2 amide bonds. The molecular weight excluding hydrogens is 526 g/mol. The highest BCUT2D eigenvalue weighted by Gasteiger charge is 2.34. The van der Waals surface area contributed by atoms with Crippen LogP contribution in [0.4, 0.5) is 31.1 Å². The van der Waals surface area contributed by atoms with Gasteiger partial charge < -0.3 is 15.7 Å². The van der Waals surface area contributed by atoms with E-state index < -0.39 is 47.4 Å². The van der Waals surface area contributed by atoms with Gasteiger partial charge in [-0.1, -0.05) is 49.4 Å². The fraction of sp³-hybridized carbons (Fsp3) is 0.286. The average molecular weight is 553 g/mol. The Morgan fingerprint density at radius 1 is 0.872 bits per heavy atom. The summed E-state index contributed by atoms with van der Waals surface area (Å²) in [6.45, 7) is 2.96. The Morgan fingerprint density at radius 2 is 1.51 bits per heavy atom. The first-order valence-electron chi connectivity index (χ1n) is 12.0. The van der Waals surface area contributed by atoms with E-state index in [1.807, 2.05) is 0 Å². The monoisotopic (exact) mass is 552 g/mol. The van der Waals surface area contributed by atoms with Crippen molar-refractivity contribution in [2.75, 3.05) is 0 Å². The molecule has 3 N–H and O–H groups in total. The first kappa shape index (κ1) is 29.5. The Bertz CT molecular complexity index is 1320. The molecule has 0 aliphatic rings. The highest BCUT2D eigenvalue weighted by molar-refractivity contribution is 5.79. The lowest BCUT2D eigenvalue weighted by molar-refractivity contribution is -0.139. The zero-order valence-electron chi connectivity index (χ0n) is 21.0. The Morgan fingerprint density at radius 3 is 2.08 bits per heavy atom.